The molecule has 2 aromatic carbocycles. The van der Waals surface area contributed by atoms with Crippen molar-refractivity contribution in [2.45, 2.75) is 19.8 Å². The molecule has 1 amide bonds. The van der Waals surface area contributed by atoms with E-state index in [0.29, 0.717) is 23.9 Å². The molecule has 0 saturated carbocycles. The molecule has 7 nitrogen and oxygen atoms in total. The Labute approximate surface area is 165 Å². The van der Waals surface area contributed by atoms with Crippen LogP contribution >= 0.6 is 0 Å². The molecule has 0 fully saturated rings. The molecule has 0 unspecified atom stereocenters. The van der Waals surface area contributed by atoms with Crippen LogP contribution in [-0.4, -0.2) is 27.6 Å². The second kappa shape index (κ2) is 7.35. The molecular formula is C22H20N2O5. The second-order valence-electron chi connectivity index (χ2n) is 6.94. The molecule has 0 aliphatic heterocycles. The minimum absolute atomic E-state index is 0.0870. The summed E-state index contributed by atoms with van der Waals surface area (Å²) in [5.41, 5.74) is 2.13. The molecule has 148 valence electrons. The van der Waals surface area contributed by atoms with Gasteiger partial charge in [0.2, 0.25) is 11.7 Å². The van der Waals surface area contributed by atoms with Gasteiger partial charge in [-0.15, -0.1) is 0 Å². The normalized spacial score (nSPS) is 11.2. The van der Waals surface area contributed by atoms with E-state index < -0.39 is 11.4 Å². The van der Waals surface area contributed by atoms with Crippen molar-refractivity contribution in [1.82, 2.24) is 10.3 Å². The van der Waals surface area contributed by atoms with E-state index in [2.05, 4.69) is 10.3 Å². The van der Waals surface area contributed by atoms with Gasteiger partial charge in [-0.3, -0.25) is 4.79 Å². The molecule has 0 radical (unpaired) electrons. The van der Waals surface area contributed by atoms with Gasteiger partial charge in [-0.25, -0.2) is 4.79 Å². The molecule has 2 aromatic heterocycles. The Hall–Kier alpha value is -3.74. The Bertz CT molecular complexity index is 1290. The maximum atomic E-state index is 12.4. The number of carbonyl (C=O) groups excluding carboxylic acids is 1. The number of hydrogen-bond donors (Lipinski definition) is 4. The molecule has 0 aliphatic rings. The summed E-state index contributed by atoms with van der Waals surface area (Å²) in [4.78, 5) is 27.9. The average molecular weight is 392 g/mol. The highest BCUT2D eigenvalue weighted by molar-refractivity contribution is 5.89. The lowest BCUT2D eigenvalue weighted by Crippen LogP contribution is -2.29. The first kappa shape index (κ1) is 18.6. The number of para-hydroxylation sites is 1. The van der Waals surface area contributed by atoms with Crippen LogP contribution in [-0.2, 0) is 17.6 Å². The number of rotatable bonds is 5. The van der Waals surface area contributed by atoms with Crippen LogP contribution in [0, 0.1) is 6.92 Å². The Morgan fingerprint density at radius 1 is 1.14 bits per heavy atom. The minimum Gasteiger partial charge on any atom is -0.504 e. The number of carbonyl (C=O) groups is 1. The van der Waals surface area contributed by atoms with Gasteiger partial charge in [-0.2, -0.15) is 0 Å². The Morgan fingerprint density at radius 2 is 1.93 bits per heavy atom. The number of aromatic amines is 1. The van der Waals surface area contributed by atoms with Gasteiger partial charge in [0.25, 0.3) is 0 Å². The van der Waals surface area contributed by atoms with E-state index in [0.717, 1.165) is 16.5 Å². The first-order valence-electron chi connectivity index (χ1n) is 9.24. The topological polar surface area (TPSA) is 116 Å². The third-order valence-electron chi connectivity index (χ3n) is 5.14. The zero-order valence-corrected chi connectivity index (χ0v) is 15.8. The molecule has 7 heteroatoms. The van der Waals surface area contributed by atoms with Gasteiger partial charge in [-0.1, -0.05) is 18.2 Å². The van der Waals surface area contributed by atoms with Crippen LogP contribution in [0.15, 0.2) is 51.8 Å². The van der Waals surface area contributed by atoms with Crippen molar-refractivity contribution in [2.24, 2.45) is 0 Å². The Balaban J connectivity index is 1.48. The van der Waals surface area contributed by atoms with Crippen LogP contribution in [0.5, 0.6) is 11.5 Å². The highest BCUT2D eigenvalue weighted by Crippen LogP contribution is 2.34. The third-order valence-corrected chi connectivity index (χ3v) is 5.14. The highest BCUT2D eigenvalue weighted by Gasteiger charge is 2.18. The fourth-order valence-corrected chi connectivity index (χ4v) is 3.53. The number of nitrogens with one attached hydrogen (secondary N) is 2. The van der Waals surface area contributed by atoms with Crippen LogP contribution in [0.1, 0.15) is 16.7 Å². The van der Waals surface area contributed by atoms with E-state index in [-0.39, 0.29) is 29.2 Å². The molecule has 0 aliphatic carbocycles. The van der Waals surface area contributed by atoms with Gasteiger partial charge in [-0.05, 0) is 42.7 Å². The van der Waals surface area contributed by atoms with Crippen molar-refractivity contribution in [2.75, 3.05) is 6.54 Å². The summed E-state index contributed by atoms with van der Waals surface area (Å²) in [7, 11) is 0. The number of aryl methyl sites for hydroxylation is 1. The lowest BCUT2D eigenvalue weighted by atomic mass is 10.0. The molecule has 4 rings (SSSR count). The zero-order chi connectivity index (χ0) is 20.5. The summed E-state index contributed by atoms with van der Waals surface area (Å²) in [6.07, 6.45) is 2.47. The maximum Gasteiger partial charge on any atom is 0.340 e. The molecule has 0 spiro atoms. The van der Waals surface area contributed by atoms with Crippen molar-refractivity contribution < 1.29 is 19.4 Å². The van der Waals surface area contributed by atoms with E-state index in [1.165, 1.54) is 6.07 Å². The number of amides is 1. The quantitative estimate of drug-likeness (QED) is 0.308. The number of hydrogen-bond acceptors (Lipinski definition) is 5. The SMILES string of the molecule is Cc1c(CC(=O)NCCc2c[nH]c3ccccc23)c(=O)oc2c(O)c(O)ccc12. The van der Waals surface area contributed by atoms with Gasteiger partial charge in [0, 0.05) is 29.0 Å². The van der Waals surface area contributed by atoms with Gasteiger partial charge in [0.05, 0.1) is 12.0 Å². The predicted molar refractivity (Wildman–Crippen MR) is 109 cm³/mol. The monoisotopic (exact) mass is 392 g/mol. The van der Waals surface area contributed by atoms with Crippen LogP contribution in [0.25, 0.3) is 21.9 Å². The first-order valence-corrected chi connectivity index (χ1v) is 9.24. The highest BCUT2D eigenvalue weighted by atomic mass is 16.4. The molecule has 2 heterocycles. The van der Waals surface area contributed by atoms with Crippen molar-refractivity contribution in [3.8, 4) is 11.5 Å². The van der Waals surface area contributed by atoms with Crippen molar-refractivity contribution in [3.63, 3.8) is 0 Å². The Kier molecular flexibility index (Phi) is 4.72. The lowest BCUT2D eigenvalue weighted by molar-refractivity contribution is -0.120. The zero-order valence-electron chi connectivity index (χ0n) is 15.8. The molecule has 0 atom stereocenters. The standard InChI is InChI=1S/C22H20N2O5/c1-12-14-6-7-18(25)20(27)21(14)29-22(28)16(12)10-19(26)23-9-8-13-11-24-17-5-3-2-4-15(13)17/h2-7,11,24-25,27H,8-10H2,1H3,(H,23,26). The fraction of sp³-hybridized carbons (Fsp3) is 0.182. The molecule has 0 bridgehead atoms. The van der Waals surface area contributed by atoms with Gasteiger partial charge in [0.15, 0.2) is 11.3 Å². The van der Waals surface area contributed by atoms with Gasteiger partial charge in [0.1, 0.15) is 0 Å². The van der Waals surface area contributed by atoms with E-state index in [1.54, 1.807) is 13.0 Å². The van der Waals surface area contributed by atoms with Crippen LogP contribution in [0.3, 0.4) is 0 Å². The lowest BCUT2D eigenvalue weighted by Gasteiger charge is -2.10. The summed E-state index contributed by atoms with van der Waals surface area (Å²) in [6, 6.07) is 10.8. The van der Waals surface area contributed by atoms with Crippen molar-refractivity contribution in [1.29, 1.82) is 0 Å². The molecule has 4 N–H and O–H groups in total. The summed E-state index contributed by atoms with van der Waals surface area (Å²) in [5, 5.41) is 23.9. The van der Waals surface area contributed by atoms with Crippen LogP contribution in [0.4, 0.5) is 0 Å². The summed E-state index contributed by atoms with van der Waals surface area (Å²) >= 11 is 0. The Morgan fingerprint density at radius 3 is 2.76 bits per heavy atom. The van der Waals surface area contributed by atoms with Crippen LogP contribution in [0.2, 0.25) is 0 Å². The second-order valence-corrected chi connectivity index (χ2v) is 6.94. The number of fused-ring (bicyclic) bond motifs is 2. The fourth-order valence-electron chi connectivity index (χ4n) is 3.53. The molecular weight excluding hydrogens is 372 g/mol. The summed E-state index contributed by atoms with van der Waals surface area (Å²) in [5.74, 6) is -1.15. The molecule has 29 heavy (non-hydrogen) atoms. The number of phenolic OH excluding ortho intramolecular Hbond substituents is 2. The van der Waals surface area contributed by atoms with E-state index >= 15 is 0 Å². The number of phenols is 2. The van der Waals surface area contributed by atoms with Gasteiger partial charge >= 0.3 is 5.63 Å². The third kappa shape index (κ3) is 3.42. The van der Waals surface area contributed by atoms with E-state index in [1.807, 2.05) is 30.5 Å². The smallest absolute Gasteiger partial charge is 0.340 e. The first-order chi connectivity index (χ1) is 14.0. The maximum absolute atomic E-state index is 12.4. The van der Waals surface area contributed by atoms with Crippen molar-refractivity contribution >= 4 is 27.8 Å². The van der Waals surface area contributed by atoms with E-state index in [9.17, 15) is 19.8 Å². The largest absolute Gasteiger partial charge is 0.504 e. The average Bonchev–Trinajstić information content (AvgIpc) is 3.12. The number of aromatic nitrogens is 1. The minimum atomic E-state index is -0.706. The molecule has 0 saturated heterocycles. The van der Waals surface area contributed by atoms with Crippen LogP contribution < -0.4 is 10.9 Å². The summed E-state index contributed by atoms with van der Waals surface area (Å²) < 4.78 is 5.15. The number of H-pyrrole nitrogens is 1. The van der Waals surface area contributed by atoms with Crippen molar-refractivity contribution in [3.05, 3.63) is 69.7 Å². The summed E-state index contributed by atoms with van der Waals surface area (Å²) in [6.45, 7) is 2.12. The number of aromatic hydroxyl groups is 2. The number of benzene rings is 2. The van der Waals surface area contributed by atoms with E-state index in [4.69, 9.17) is 4.42 Å². The predicted octanol–water partition coefficient (Wildman–Crippen LogP) is 2.90. The van der Waals surface area contributed by atoms with Gasteiger partial charge < -0.3 is 24.9 Å². The molecule has 4 aromatic rings.